The zero-order chi connectivity index (χ0) is 13.4. The molecule has 0 heterocycles. The molecule has 0 saturated heterocycles. The van der Waals surface area contributed by atoms with Gasteiger partial charge in [0.1, 0.15) is 5.78 Å². The van der Waals surface area contributed by atoms with Crippen LogP contribution in [0.4, 0.5) is 0 Å². The molecule has 1 aromatic rings. The summed E-state index contributed by atoms with van der Waals surface area (Å²) in [7, 11) is -1.18. The lowest BCUT2D eigenvalue weighted by molar-refractivity contribution is -0.116. The molecule has 0 aliphatic carbocycles. The third-order valence-electron chi connectivity index (χ3n) is 2.89. The first-order valence-corrected chi connectivity index (χ1v) is 7.92. The van der Waals surface area contributed by atoms with Crippen molar-refractivity contribution in [3.63, 3.8) is 0 Å². The first-order chi connectivity index (χ1) is 8.63. The molecule has 1 rings (SSSR count). The normalized spacial score (nSPS) is 12.3. The summed E-state index contributed by atoms with van der Waals surface area (Å²) in [6, 6.07) is 7.55. The molecule has 0 spiro atoms. The van der Waals surface area contributed by atoms with Gasteiger partial charge in [0.15, 0.2) is 0 Å². The summed E-state index contributed by atoms with van der Waals surface area (Å²) in [6.07, 6.45) is 4.94. The Bertz CT molecular complexity index is 395. The third-order valence-corrected chi connectivity index (χ3v) is 4.27. The standard InChI is InChI=1S/C15H22O2S/c1-3-4-5-6-7-14(16)12-18(17)15-10-8-13(2)9-11-15/h8-11H,3-7,12H2,1-2H3. The van der Waals surface area contributed by atoms with Crippen molar-refractivity contribution in [2.24, 2.45) is 0 Å². The van der Waals surface area contributed by atoms with Crippen LogP contribution in [0.2, 0.25) is 0 Å². The average molecular weight is 266 g/mol. The monoisotopic (exact) mass is 266 g/mol. The first kappa shape index (κ1) is 15.1. The lowest BCUT2D eigenvalue weighted by Crippen LogP contribution is -2.10. The molecule has 0 aromatic heterocycles. The van der Waals surface area contributed by atoms with E-state index < -0.39 is 10.8 Å². The minimum absolute atomic E-state index is 0.116. The van der Waals surface area contributed by atoms with Crippen molar-refractivity contribution in [3.05, 3.63) is 29.8 Å². The molecular formula is C15H22O2S. The van der Waals surface area contributed by atoms with Crippen molar-refractivity contribution in [2.45, 2.75) is 50.8 Å². The number of hydrogen-bond acceptors (Lipinski definition) is 2. The second-order valence-corrected chi connectivity index (χ2v) is 6.10. The maximum atomic E-state index is 11.9. The van der Waals surface area contributed by atoms with Crippen molar-refractivity contribution in [2.75, 3.05) is 5.75 Å². The quantitative estimate of drug-likeness (QED) is 0.673. The number of ketones is 1. The van der Waals surface area contributed by atoms with Gasteiger partial charge < -0.3 is 0 Å². The number of benzene rings is 1. The molecule has 0 amide bonds. The van der Waals surface area contributed by atoms with Gasteiger partial charge in [-0.05, 0) is 25.5 Å². The second-order valence-electron chi connectivity index (χ2n) is 4.65. The smallest absolute Gasteiger partial charge is 0.145 e. The van der Waals surface area contributed by atoms with Crippen LogP contribution in [0.1, 0.15) is 44.6 Å². The Kier molecular flexibility index (Phi) is 6.88. The van der Waals surface area contributed by atoms with Gasteiger partial charge in [0.25, 0.3) is 0 Å². The SMILES string of the molecule is CCCCCCC(=O)CS(=O)c1ccc(C)cc1. The molecule has 0 fully saturated rings. The van der Waals surface area contributed by atoms with Crippen LogP contribution >= 0.6 is 0 Å². The zero-order valence-electron chi connectivity index (χ0n) is 11.3. The summed E-state index contributed by atoms with van der Waals surface area (Å²) >= 11 is 0. The van der Waals surface area contributed by atoms with E-state index in [9.17, 15) is 9.00 Å². The number of rotatable bonds is 8. The molecule has 3 heteroatoms. The van der Waals surface area contributed by atoms with E-state index in [0.717, 1.165) is 23.3 Å². The zero-order valence-corrected chi connectivity index (χ0v) is 12.1. The molecule has 0 bridgehead atoms. The number of aryl methyl sites for hydroxylation is 1. The summed E-state index contributed by atoms with van der Waals surface area (Å²) in [5.41, 5.74) is 1.14. The Balaban J connectivity index is 2.35. The number of carbonyl (C=O) groups is 1. The maximum absolute atomic E-state index is 11.9. The van der Waals surface area contributed by atoms with E-state index in [1.165, 1.54) is 12.8 Å². The molecule has 18 heavy (non-hydrogen) atoms. The van der Waals surface area contributed by atoms with Crippen LogP contribution < -0.4 is 0 Å². The highest BCUT2D eigenvalue weighted by molar-refractivity contribution is 7.85. The van der Waals surface area contributed by atoms with E-state index in [-0.39, 0.29) is 11.5 Å². The van der Waals surface area contributed by atoms with Gasteiger partial charge in [0, 0.05) is 11.3 Å². The maximum Gasteiger partial charge on any atom is 0.145 e. The molecule has 0 aliphatic heterocycles. The molecule has 1 aromatic carbocycles. The van der Waals surface area contributed by atoms with Crippen LogP contribution in [0.15, 0.2) is 29.2 Å². The number of carbonyl (C=O) groups excluding carboxylic acids is 1. The van der Waals surface area contributed by atoms with Crippen LogP contribution in [0.3, 0.4) is 0 Å². The highest BCUT2D eigenvalue weighted by atomic mass is 32.2. The molecule has 0 radical (unpaired) electrons. The van der Waals surface area contributed by atoms with Crippen LogP contribution in [0, 0.1) is 6.92 Å². The lowest BCUT2D eigenvalue weighted by Gasteiger charge is -2.03. The highest BCUT2D eigenvalue weighted by Crippen LogP contribution is 2.10. The van der Waals surface area contributed by atoms with Gasteiger partial charge in [0.05, 0.1) is 16.6 Å². The summed E-state index contributed by atoms with van der Waals surface area (Å²) in [5, 5.41) is 0. The third kappa shape index (κ3) is 5.58. The number of hydrogen-bond donors (Lipinski definition) is 0. The van der Waals surface area contributed by atoms with Gasteiger partial charge in [-0.15, -0.1) is 0 Å². The predicted molar refractivity (Wildman–Crippen MR) is 76.2 cm³/mol. The fourth-order valence-corrected chi connectivity index (χ4v) is 2.78. The number of Topliss-reactive ketones (excluding diaryl/α,β-unsaturated/α-hetero) is 1. The summed E-state index contributed by atoms with van der Waals surface area (Å²) in [5.74, 6) is 0.278. The fourth-order valence-electron chi connectivity index (χ4n) is 1.74. The van der Waals surface area contributed by atoms with Crippen molar-refractivity contribution >= 4 is 16.6 Å². The van der Waals surface area contributed by atoms with Crippen LogP contribution in [-0.2, 0) is 15.6 Å². The molecule has 100 valence electrons. The molecule has 0 aliphatic rings. The van der Waals surface area contributed by atoms with E-state index in [1.54, 1.807) is 0 Å². The Morgan fingerprint density at radius 3 is 2.39 bits per heavy atom. The Morgan fingerprint density at radius 1 is 1.11 bits per heavy atom. The van der Waals surface area contributed by atoms with E-state index in [2.05, 4.69) is 6.92 Å². The molecular weight excluding hydrogens is 244 g/mol. The van der Waals surface area contributed by atoms with Gasteiger partial charge in [-0.1, -0.05) is 43.9 Å². The van der Waals surface area contributed by atoms with E-state index in [0.29, 0.717) is 6.42 Å². The van der Waals surface area contributed by atoms with Crippen LogP contribution in [0.25, 0.3) is 0 Å². The van der Waals surface area contributed by atoms with Gasteiger partial charge in [-0.25, -0.2) is 0 Å². The van der Waals surface area contributed by atoms with Crippen molar-refractivity contribution in [1.29, 1.82) is 0 Å². The van der Waals surface area contributed by atoms with E-state index in [1.807, 2.05) is 31.2 Å². The Hall–Kier alpha value is -0.960. The first-order valence-electron chi connectivity index (χ1n) is 6.60. The summed E-state index contributed by atoms with van der Waals surface area (Å²) in [4.78, 5) is 12.4. The lowest BCUT2D eigenvalue weighted by atomic mass is 10.1. The molecule has 0 N–H and O–H groups in total. The highest BCUT2D eigenvalue weighted by Gasteiger charge is 2.09. The van der Waals surface area contributed by atoms with Gasteiger partial charge in [-0.2, -0.15) is 0 Å². The van der Waals surface area contributed by atoms with E-state index >= 15 is 0 Å². The van der Waals surface area contributed by atoms with Crippen molar-refractivity contribution < 1.29 is 9.00 Å². The number of unbranched alkanes of at least 4 members (excludes halogenated alkanes) is 3. The minimum Gasteiger partial charge on any atom is -0.299 e. The summed E-state index contributed by atoms with van der Waals surface area (Å²) < 4.78 is 11.9. The predicted octanol–water partition coefficient (Wildman–Crippen LogP) is 3.64. The van der Waals surface area contributed by atoms with Crippen LogP contribution in [0.5, 0.6) is 0 Å². The Morgan fingerprint density at radius 2 is 1.78 bits per heavy atom. The topological polar surface area (TPSA) is 34.1 Å². The van der Waals surface area contributed by atoms with Crippen molar-refractivity contribution in [3.8, 4) is 0 Å². The second kappa shape index (κ2) is 8.20. The largest absolute Gasteiger partial charge is 0.299 e. The van der Waals surface area contributed by atoms with Gasteiger partial charge >= 0.3 is 0 Å². The molecule has 2 nitrogen and oxygen atoms in total. The van der Waals surface area contributed by atoms with Crippen molar-refractivity contribution in [1.82, 2.24) is 0 Å². The van der Waals surface area contributed by atoms with Gasteiger partial charge in [0.2, 0.25) is 0 Å². The molecule has 1 atom stereocenters. The fraction of sp³-hybridized carbons (Fsp3) is 0.533. The minimum atomic E-state index is -1.18. The van der Waals surface area contributed by atoms with Gasteiger partial charge in [-0.3, -0.25) is 9.00 Å². The molecule has 1 unspecified atom stereocenters. The van der Waals surface area contributed by atoms with Crippen LogP contribution in [-0.4, -0.2) is 15.7 Å². The molecule has 0 saturated carbocycles. The summed E-state index contributed by atoms with van der Waals surface area (Å²) in [6.45, 7) is 4.14. The average Bonchev–Trinajstić information content (AvgIpc) is 2.35. The Labute approximate surface area is 112 Å². The van der Waals surface area contributed by atoms with E-state index in [4.69, 9.17) is 0 Å².